The Balaban J connectivity index is 1.64. The zero-order valence-electron chi connectivity index (χ0n) is 12.8. The van der Waals surface area contributed by atoms with Gasteiger partial charge in [-0.15, -0.1) is 0 Å². The fourth-order valence-electron chi connectivity index (χ4n) is 3.15. The average Bonchev–Trinajstić information content (AvgIpc) is 2.46. The highest BCUT2D eigenvalue weighted by Gasteiger charge is 2.45. The van der Waals surface area contributed by atoms with Crippen molar-refractivity contribution in [2.24, 2.45) is 0 Å². The Hall–Kier alpha value is -1.87. The Morgan fingerprint density at radius 1 is 1.17 bits per heavy atom. The quantitative estimate of drug-likeness (QED) is 0.871. The first kappa shape index (κ1) is 16.0. The fourth-order valence-corrected chi connectivity index (χ4v) is 3.34. The molecule has 0 saturated heterocycles. The van der Waals surface area contributed by atoms with E-state index in [-0.39, 0.29) is 11.7 Å². The van der Waals surface area contributed by atoms with Crippen LogP contribution in [-0.2, 0) is 16.6 Å². The van der Waals surface area contributed by atoms with Crippen LogP contribution >= 0.6 is 11.6 Å². The van der Waals surface area contributed by atoms with Crippen LogP contribution < -0.4 is 5.32 Å². The summed E-state index contributed by atoms with van der Waals surface area (Å²) in [6, 6.07) is 14.0. The van der Waals surface area contributed by atoms with Gasteiger partial charge in [0.05, 0.1) is 5.41 Å². The molecule has 1 aliphatic rings. The lowest BCUT2D eigenvalue weighted by atomic mass is 9.64. The van der Waals surface area contributed by atoms with Gasteiger partial charge in [-0.1, -0.05) is 42.3 Å². The summed E-state index contributed by atoms with van der Waals surface area (Å²) in [6.45, 7) is 0.505. The highest BCUT2D eigenvalue weighted by molar-refractivity contribution is 6.30. The van der Waals surface area contributed by atoms with E-state index in [0.29, 0.717) is 18.0 Å². The molecule has 0 spiro atoms. The van der Waals surface area contributed by atoms with Gasteiger partial charge in [0.15, 0.2) is 0 Å². The Labute approximate surface area is 140 Å². The molecule has 0 aliphatic heterocycles. The first-order valence-corrected chi connectivity index (χ1v) is 8.27. The van der Waals surface area contributed by atoms with Gasteiger partial charge in [0.2, 0.25) is 5.91 Å². The molecule has 2 aromatic rings. The van der Waals surface area contributed by atoms with Gasteiger partial charge in [0.25, 0.3) is 0 Å². The van der Waals surface area contributed by atoms with Gasteiger partial charge in [-0.25, -0.2) is 4.39 Å². The number of nitrogens with one attached hydrogen (secondary N) is 1. The fraction of sp³-hybridized carbons (Fsp3) is 0.316. The molecule has 1 fully saturated rings. The number of carbonyl (C=O) groups excluding carboxylic acids is 1. The summed E-state index contributed by atoms with van der Waals surface area (Å²) in [5, 5.41) is 3.66. The molecule has 120 valence electrons. The molecular formula is C19H19ClFNO. The van der Waals surface area contributed by atoms with Crippen LogP contribution in [0.2, 0.25) is 5.02 Å². The maximum Gasteiger partial charge on any atom is 0.230 e. The maximum absolute atomic E-state index is 13.2. The summed E-state index contributed by atoms with van der Waals surface area (Å²) in [4.78, 5) is 12.7. The van der Waals surface area contributed by atoms with Gasteiger partial charge >= 0.3 is 0 Å². The molecule has 0 heterocycles. The van der Waals surface area contributed by atoms with Crippen LogP contribution in [0.1, 0.15) is 30.4 Å². The minimum atomic E-state index is -0.452. The predicted molar refractivity (Wildman–Crippen MR) is 90.1 cm³/mol. The number of benzene rings is 2. The van der Waals surface area contributed by atoms with Crippen molar-refractivity contribution in [3.63, 3.8) is 0 Å². The molecule has 1 N–H and O–H groups in total. The van der Waals surface area contributed by atoms with Crippen molar-refractivity contribution in [3.05, 3.63) is 70.5 Å². The second kappa shape index (κ2) is 6.71. The highest BCUT2D eigenvalue weighted by atomic mass is 35.5. The number of amides is 1. The number of carbonyl (C=O) groups is 1. The molecule has 3 rings (SSSR count). The van der Waals surface area contributed by atoms with Crippen LogP contribution in [0.25, 0.3) is 0 Å². The van der Waals surface area contributed by atoms with Crippen LogP contribution in [0.4, 0.5) is 4.39 Å². The molecule has 2 aromatic carbocycles. The lowest BCUT2D eigenvalue weighted by Gasteiger charge is -2.40. The Morgan fingerprint density at radius 3 is 2.61 bits per heavy atom. The minimum Gasteiger partial charge on any atom is -0.355 e. The van der Waals surface area contributed by atoms with Crippen molar-refractivity contribution in [1.82, 2.24) is 5.32 Å². The largest absolute Gasteiger partial charge is 0.355 e. The van der Waals surface area contributed by atoms with Crippen molar-refractivity contribution in [3.8, 4) is 0 Å². The standard InChI is InChI=1S/C19H19ClFNO/c20-16-6-2-5-15(13-16)19(9-3-10-19)18(23)22-11-8-14-4-1-7-17(21)12-14/h1-2,4-7,12-13H,3,8-11H2,(H,22,23). The lowest BCUT2D eigenvalue weighted by Crippen LogP contribution is -2.49. The molecule has 1 amide bonds. The first-order valence-electron chi connectivity index (χ1n) is 7.89. The normalized spacial score (nSPS) is 15.7. The van der Waals surface area contributed by atoms with Crippen LogP contribution in [-0.4, -0.2) is 12.5 Å². The highest BCUT2D eigenvalue weighted by Crippen LogP contribution is 2.44. The maximum atomic E-state index is 13.2. The summed E-state index contributed by atoms with van der Waals surface area (Å²) in [5.41, 5.74) is 1.42. The first-order chi connectivity index (χ1) is 11.1. The molecule has 0 bridgehead atoms. The summed E-state index contributed by atoms with van der Waals surface area (Å²) in [6.07, 6.45) is 3.36. The van der Waals surface area contributed by atoms with E-state index in [1.807, 2.05) is 30.3 Å². The monoisotopic (exact) mass is 331 g/mol. The SMILES string of the molecule is O=C(NCCc1cccc(F)c1)C1(c2cccc(Cl)c2)CCC1. The second-order valence-corrected chi connectivity index (χ2v) is 6.52. The van der Waals surface area contributed by atoms with Gasteiger partial charge in [-0.2, -0.15) is 0 Å². The van der Waals surface area contributed by atoms with Gasteiger partial charge in [0, 0.05) is 11.6 Å². The Kier molecular flexibility index (Phi) is 4.67. The van der Waals surface area contributed by atoms with Gasteiger partial charge in [-0.3, -0.25) is 4.79 Å². The third-order valence-corrected chi connectivity index (χ3v) is 4.84. The van der Waals surface area contributed by atoms with Gasteiger partial charge in [0.1, 0.15) is 5.82 Å². The van der Waals surface area contributed by atoms with Crippen LogP contribution in [0.15, 0.2) is 48.5 Å². The Bertz CT molecular complexity index is 712. The lowest BCUT2D eigenvalue weighted by molar-refractivity contribution is -0.129. The van der Waals surface area contributed by atoms with E-state index < -0.39 is 5.41 Å². The van der Waals surface area contributed by atoms with E-state index in [1.54, 1.807) is 6.07 Å². The summed E-state index contributed by atoms with van der Waals surface area (Å²) >= 11 is 6.07. The van der Waals surface area contributed by atoms with Crippen molar-refractivity contribution in [1.29, 1.82) is 0 Å². The van der Waals surface area contributed by atoms with Crippen LogP contribution in [0.5, 0.6) is 0 Å². The molecule has 0 atom stereocenters. The van der Waals surface area contributed by atoms with Crippen LogP contribution in [0.3, 0.4) is 0 Å². The molecule has 0 unspecified atom stereocenters. The molecule has 0 aromatic heterocycles. The van der Waals surface area contributed by atoms with E-state index >= 15 is 0 Å². The molecule has 0 radical (unpaired) electrons. The zero-order chi connectivity index (χ0) is 16.3. The molecule has 1 saturated carbocycles. The second-order valence-electron chi connectivity index (χ2n) is 6.08. The predicted octanol–water partition coefficient (Wildman–Crippen LogP) is 4.26. The molecule has 2 nitrogen and oxygen atoms in total. The number of halogens is 2. The van der Waals surface area contributed by atoms with Crippen molar-refractivity contribution in [2.75, 3.05) is 6.54 Å². The van der Waals surface area contributed by atoms with Crippen molar-refractivity contribution in [2.45, 2.75) is 31.1 Å². The summed E-state index contributed by atoms with van der Waals surface area (Å²) in [5.74, 6) is -0.203. The number of rotatable bonds is 5. The van der Waals surface area contributed by atoms with Gasteiger partial charge in [-0.05, 0) is 54.7 Å². The topological polar surface area (TPSA) is 29.1 Å². The molecule has 4 heteroatoms. The van der Waals surface area contributed by atoms with Crippen molar-refractivity contribution < 1.29 is 9.18 Å². The zero-order valence-corrected chi connectivity index (χ0v) is 13.6. The van der Waals surface area contributed by atoms with E-state index in [9.17, 15) is 9.18 Å². The van der Waals surface area contributed by atoms with E-state index in [4.69, 9.17) is 11.6 Å². The van der Waals surface area contributed by atoms with Crippen LogP contribution in [0, 0.1) is 5.82 Å². The minimum absolute atomic E-state index is 0.0439. The van der Waals surface area contributed by atoms with E-state index in [2.05, 4.69) is 5.32 Å². The molecule has 1 aliphatic carbocycles. The van der Waals surface area contributed by atoms with Crippen molar-refractivity contribution >= 4 is 17.5 Å². The third-order valence-electron chi connectivity index (χ3n) is 4.61. The number of hydrogen-bond donors (Lipinski definition) is 1. The summed E-state index contributed by atoms with van der Waals surface area (Å²) < 4.78 is 13.2. The molecular weight excluding hydrogens is 313 g/mol. The Morgan fingerprint density at radius 2 is 1.96 bits per heavy atom. The van der Waals surface area contributed by atoms with E-state index in [0.717, 1.165) is 30.4 Å². The average molecular weight is 332 g/mol. The third kappa shape index (κ3) is 3.40. The smallest absolute Gasteiger partial charge is 0.230 e. The summed E-state index contributed by atoms with van der Waals surface area (Å²) in [7, 11) is 0. The van der Waals surface area contributed by atoms with E-state index in [1.165, 1.54) is 12.1 Å². The molecule has 23 heavy (non-hydrogen) atoms. The number of hydrogen-bond acceptors (Lipinski definition) is 1. The van der Waals surface area contributed by atoms with Gasteiger partial charge < -0.3 is 5.32 Å².